The van der Waals surface area contributed by atoms with Crippen LogP contribution < -0.4 is 10.7 Å². The fourth-order valence-electron chi connectivity index (χ4n) is 2.19. The van der Waals surface area contributed by atoms with Crippen LogP contribution in [0.5, 0.6) is 0 Å². The molecule has 1 aromatic heterocycles. The molecule has 0 aliphatic carbocycles. The molecule has 0 spiro atoms. The monoisotopic (exact) mass is 318 g/mol. The van der Waals surface area contributed by atoms with Gasteiger partial charge in [-0.05, 0) is 30.7 Å². The second-order valence-electron chi connectivity index (χ2n) is 5.42. The molecule has 0 fully saturated rings. The van der Waals surface area contributed by atoms with Crippen LogP contribution in [0.4, 0.5) is 4.79 Å². The Balaban J connectivity index is 1.65. The Morgan fingerprint density at radius 1 is 1.08 bits per heavy atom. The first-order chi connectivity index (χ1) is 11.7. The summed E-state index contributed by atoms with van der Waals surface area (Å²) in [5.74, 6) is 0. The van der Waals surface area contributed by atoms with E-state index in [0.29, 0.717) is 11.9 Å². The third-order valence-electron chi connectivity index (χ3n) is 3.52. The molecule has 0 aliphatic rings. The Morgan fingerprint density at radius 2 is 1.83 bits per heavy atom. The molecule has 0 aliphatic heterocycles. The van der Waals surface area contributed by atoms with Crippen molar-refractivity contribution in [2.24, 2.45) is 4.99 Å². The number of aromatic nitrogens is 2. The van der Waals surface area contributed by atoms with Gasteiger partial charge >= 0.3 is 6.03 Å². The summed E-state index contributed by atoms with van der Waals surface area (Å²) in [7, 11) is 0. The zero-order valence-corrected chi connectivity index (χ0v) is 13.4. The molecule has 3 aromatic rings. The molecule has 120 valence electrons. The highest BCUT2D eigenvalue weighted by molar-refractivity contribution is 5.74. The zero-order chi connectivity index (χ0) is 16.8. The first-order valence-corrected chi connectivity index (χ1v) is 7.69. The molecule has 1 heterocycles. The summed E-state index contributed by atoms with van der Waals surface area (Å²) in [5.41, 5.74) is 3.18. The summed E-state index contributed by atoms with van der Waals surface area (Å²) in [6.07, 6.45) is 3.35. The van der Waals surface area contributed by atoms with Gasteiger partial charge in [-0.1, -0.05) is 48.0 Å². The van der Waals surface area contributed by atoms with Crippen LogP contribution in [0.1, 0.15) is 11.1 Å². The van der Waals surface area contributed by atoms with Gasteiger partial charge in [0.05, 0.1) is 17.2 Å². The molecule has 5 nitrogen and oxygen atoms in total. The molecule has 2 aromatic carbocycles. The molecule has 0 saturated carbocycles. The van der Waals surface area contributed by atoms with Gasteiger partial charge < -0.3 is 5.32 Å². The van der Waals surface area contributed by atoms with Gasteiger partial charge in [-0.3, -0.25) is 0 Å². The number of amides is 2. The van der Waals surface area contributed by atoms with Crippen molar-refractivity contribution in [3.63, 3.8) is 0 Å². The molecule has 1 N–H and O–H groups in total. The van der Waals surface area contributed by atoms with E-state index in [9.17, 15) is 4.79 Å². The quantitative estimate of drug-likeness (QED) is 0.807. The maximum atomic E-state index is 11.9. The van der Waals surface area contributed by atoms with E-state index in [1.165, 1.54) is 5.56 Å². The minimum absolute atomic E-state index is 0.380. The van der Waals surface area contributed by atoms with Crippen molar-refractivity contribution in [3.8, 4) is 5.69 Å². The van der Waals surface area contributed by atoms with Crippen LogP contribution in [-0.4, -0.2) is 15.8 Å². The Hall–Kier alpha value is -3.21. The van der Waals surface area contributed by atoms with Crippen LogP contribution >= 0.6 is 0 Å². The van der Waals surface area contributed by atoms with E-state index in [0.717, 1.165) is 11.3 Å². The second kappa shape index (κ2) is 7.37. The maximum Gasteiger partial charge on any atom is 0.341 e. The first-order valence-electron chi connectivity index (χ1n) is 7.69. The predicted molar refractivity (Wildman–Crippen MR) is 92.5 cm³/mol. The van der Waals surface area contributed by atoms with E-state index in [4.69, 9.17) is 0 Å². The minimum atomic E-state index is -0.380. The zero-order valence-electron chi connectivity index (χ0n) is 13.4. The van der Waals surface area contributed by atoms with Crippen LogP contribution in [0.3, 0.4) is 0 Å². The van der Waals surface area contributed by atoms with Crippen molar-refractivity contribution < 1.29 is 4.79 Å². The van der Waals surface area contributed by atoms with Gasteiger partial charge in [0.15, 0.2) is 0 Å². The molecule has 0 unspecified atom stereocenters. The van der Waals surface area contributed by atoms with Crippen molar-refractivity contribution >= 4 is 6.03 Å². The molecule has 0 saturated heterocycles. The second-order valence-corrected chi connectivity index (χ2v) is 5.42. The lowest BCUT2D eigenvalue weighted by Gasteiger charge is -2.04. The van der Waals surface area contributed by atoms with Crippen LogP contribution in [0.15, 0.2) is 78.0 Å². The van der Waals surface area contributed by atoms with Gasteiger partial charge in [-0.25, -0.2) is 9.48 Å². The van der Waals surface area contributed by atoms with Crippen LogP contribution in [0, 0.1) is 6.92 Å². The lowest BCUT2D eigenvalue weighted by atomic mass is 10.1. The Labute approximate surface area is 140 Å². The topological polar surface area (TPSA) is 59.3 Å². The number of benzene rings is 2. The smallest absolute Gasteiger partial charge is 0.332 e. The molecule has 3 rings (SSSR count). The fraction of sp³-hybridized carbons (Fsp3) is 0.105. The summed E-state index contributed by atoms with van der Waals surface area (Å²) in [6.45, 7) is 2.48. The Bertz CT molecular complexity index is 863. The molecule has 2 amide bonds. The normalized spacial score (nSPS) is 11.3. The summed E-state index contributed by atoms with van der Waals surface area (Å²) in [6, 6.07) is 19.1. The molecular formula is C19H18N4O. The Kier molecular flexibility index (Phi) is 4.81. The van der Waals surface area contributed by atoms with Gasteiger partial charge in [0.25, 0.3) is 0 Å². The highest BCUT2D eigenvalue weighted by atomic mass is 16.2. The number of nitrogens with zero attached hydrogens (tertiary/aromatic N) is 3. The number of hydrogen-bond donors (Lipinski definition) is 1. The van der Waals surface area contributed by atoms with Crippen LogP contribution in [-0.2, 0) is 6.54 Å². The number of hydrogen-bond acceptors (Lipinski definition) is 2. The van der Waals surface area contributed by atoms with Crippen molar-refractivity contribution in [2.75, 3.05) is 0 Å². The molecular weight excluding hydrogens is 300 g/mol. The van der Waals surface area contributed by atoms with E-state index in [2.05, 4.69) is 15.4 Å². The van der Waals surface area contributed by atoms with Crippen molar-refractivity contribution in [2.45, 2.75) is 13.5 Å². The van der Waals surface area contributed by atoms with Gasteiger partial charge in [0.2, 0.25) is 0 Å². The molecule has 5 heteroatoms. The lowest BCUT2D eigenvalue weighted by Crippen LogP contribution is -2.22. The van der Waals surface area contributed by atoms with Crippen molar-refractivity contribution in [3.05, 3.63) is 89.5 Å². The highest BCUT2D eigenvalue weighted by Gasteiger charge is 1.99. The summed E-state index contributed by atoms with van der Waals surface area (Å²) >= 11 is 0. The number of aryl methyl sites for hydroxylation is 1. The predicted octanol–water partition coefficient (Wildman–Crippen LogP) is 2.99. The lowest BCUT2D eigenvalue weighted by molar-refractivity contribution is 0.248. The number of rotatable bonds is 3. The minimum Gasteiger partial charge on any atom is -0.332 e. The third-order valence-corrected chi connectivity index (χ3v) is 3.52. The van der Waals surface area contributed by atoms with E-state index in [-0.39, 0.29) is 6.03 Å². The molecule has 0 bridgehead atoms. The van der Waals surface area contributed by atoms with Crippen LogP contribution in [0.2, 0.25) is 0 Å². The van der Waals surface area contributed by atoms with E-state index >= 15 is 0 Å². The molecule has 24 heavy (non-hydrogen) atoms. The van der Waals surface area contributed by atoms with Gasteiger partial charge in [-0.2, -0.15) is 10.1 Å². The van der Waals surface area contributed by atoms with E-state index in [1.807, 2.05) is 61.5 Å². The van der Waals surface area contributed by atoms with Crippen molar-refractivity contribution in [1.82, 2.24) is 15.1 Å². The Morgan fingerprint density at radius 3 is 2.50 bits per heavy atom. The largest absolute Gasteiger partial charge is 0.341 e. The number of carbonyl (C=O) groups excluding carboxylic acids is 1. The number of urea groups is 1. The first kappa shape index (κ1) is 15.7. The molecule has 0 radical (unpaired) electrons. The van der Waals surface area contributed by atoms with E-state index in [1.54, 1.807) is 23.1 Å². The number of carbonyl (C=O) groups is 1. The van der Waals surface area contributed by atoms with Crippen LogP contribution in [0.25, 0.3) is 5.69 Å². The standard InChI is InChI=1S/C19H18N4O/c1-15-7-9-16(10-8-15)13-20-19(24)22-17-11-12-23(21-14-17)18-5-3-2-4-6-18/h2-12,14H,13H2,1H3,(H,20,24)/b22-17-. The SMILES string of the molecule is Cc1ccc(CNC(=O)/N=c2/ccn(-c3ccccc3)nc2)cc1. The average molecular weight is 318 g/mol. The van der Waals surface area contributed by atoms with Gasteiger partial charge in [-0.15, -0.1) is 0 Å². The fourth-order valence-corrected chi connectivity index (χ4v) is 2.19. The summed E-state index contributed by atoms with van der Waals surface area (Å²) in [5, 5.41) is 7.56. The third kappa shape index (κ3) is 4.16. The van der Waals surface area contributed by atoms with Gasteiger partial charge in [0.1, 0.15) is 0 Å². The van der Waals surface area contributed by atoms with Gasteiger partial charge in [0, 0.05) is 12.7 Å². The number of nitrogens with one attached hydrogen (secondary N) is 1. The maximum absolute atomic E-state index is 11.9. The van der Waals surface area contributed by atoms with Crippen molar-refractivity contribution in [1.29, 1.82) is 0 Å². The van der Waals surface area contributed by atoms with E-state index < -0.39 is 0 Å². The molecule has 0 atom stereocenters. The summed E-state index contributed by atoms with van der Waals surface area (Å²) < 4.78 is 1.73. The number of para-hydroxylation sites is 1. The average Bonchev–Trinajstić information content (AvgIpc) is 2.63. The highest BCUT2D eigenvalue weighted by Crippen LogP contribution is 2.03. The summed E-state index contributed by atoms with van der Waals surface area (Å²) in [4.78, 5) is 15.9.